The number of hydrogen-bond donors (Lipinski definition) is 1. The van der Waals surface area contributed by atoms with Gasteiger partial charge in [-0.05, 0) is 37.0 Å². The van der Waals surface area contributed by atoms with Crippen molar-refractivity contribution in [2.45, 2.75) is 19.3 Å². The molecule has 6 heteroatoms. The number of nitrogens with zero attached hydrogens (tertiary/aromatic N) is 2. The summed E-state index contributed by atoms with van der Waals surface area (Å²) in [5.41, 5.74) is 6.00. The van der Waals surface area contributed by atoms with Gasteiger partial charge in [0.25, 0.3) is 5.91 Å². The van der Waals surface area contributed by atoms with E-state index >= 15 is 0 Å². The van der Waals surface area contributed by atoms with Gasteiger partial charge in [0.1, 0.15) is 5.82 Å². The van der Waals surface area contributed by atoms with Crippen LogP contribution in [0.1, 0.15) is 29.6 Å². The zero-order valence-electron chi connectivity index (χ0n) is 13.0. The summed E-state index contributed by atoms with van der Waals surface area (Å²) in [6.45, 7) is 1.04. The monoisotopic (exact) mass is 307 g/mol. The predicted molar refractivity (Wildman–Crippen MR) is 83.2 cm³/mol. The fourth-order valence-corrected chi connectivity index (χ4v) is 2.83. The Balaban J connectivity index is 2.12. The molecule has 1 saturated heterocycles. The van der Waals surface area contributed by atoms with Crippen LogP contribution in [0.2, 0.25) is 0 Å². The zero-order chi connectivity index (χ0) is 16.3. The Labute approximate surface area is 129 Å². The molecule has 1 heterocycles. The van der Waals surface area contributed by atoms with E-state index in [1.165, 1.54) is 12.1 Å². The molecule has 1 aromatic carbocycles. The first kappa shape index (κ1) is 16.3. The number of halogens is 1. The van der Waals surface area contributed by atoms with Crippen molar-refractivity contribution in [1.29, 1.82) is 0 Å². The average Bonchev–Trinajstić information content (AvgIpc) is 2.46. The number of carbonyl (C=O) groups excluding carboxylic acids is 2. The second-order valence-electron chi connectivity index (χ2n) is 5.99. The summed E-state index contributed by atoms with van der Waals surface area (Å²) in [5, 5.41) is 0. The number of rotatable bonds is 4. The Morgan fingerprint density at radius 1 is 1.41 bits per heavy atom. The molecule has 1 aromatic rings. The van der Waals surface area contributed by atoms with Crippen molar-refractivity contribution >= 4 is 17.5 Å². The van der Waals surface area contributed by atoms with Crippen molar-refractivity contribution in [3.63, 3.8) is 0 Å². The lowest BCUT2D eigenvalue weighted by molar-refractivity contribution is -0.119. The molecule has 0 bridgehead atoms. The third-order valence-corrected chi connectivity index (χ3v) is 4.00. The fourth-order valence-electron chi connectivity index (χ4n) is 2.83. The van der Waals surface area contributed by atoms with E-state index in [2.05, 4.69) is 0 Å². The molecule has 0 aliphatic carbocycles. The summed E-state index contributed by atoms with van der Waals surface area (Å²) < 4.78 is 14.2. The second-order valence-corrected chi connectivity index (χ2v) is 5.99. The van der Waals surface area contributed by atoms with Gasteiger partial charge in [-0.3, -0.25) is 9.59 Å². The van der Waals surface area contributed by atoms with E-state index in [1.54, 1.807) is 15.9 Å². The summed E-state index contributed by atoms with van der Waals surface area (Å²) in [6.07, 6.45) is 1.95. The molecule has 1 atom stereocenters. The Kier molecular flexibility index (Phi) is 5.00. The van der Waals surface area contributed by atoms with Crippen LogP contribution in [0, 0.1) is 11.7 Å². The normalized spacial score (nSPS) is 18.1. The molecule has 0 spiro atoms. The summed E-state index contributed by atoms with van der Waals surface area (Å²) in [6, 6.07) is 4.60. The highest BCUT2D eigenvalue weighted by Crippen LogP contribution is 2.23. The summed E-state index contributed by atoms with van der Waals surface area (Å²) in [7, 11) is 3.63. The SMILES string of the molecule is CN(C)c1ccc(C(=O)N2CCCC(CC(N)=O)C2)c(F)c1. The van der Waals surface area contributed by atoms with Gasteiger partial charge in [-0.1, -0.05) is 0 Å². The lowest BCUT2D eigenvalue weighted by Gasteiger charge is -2.32. The molecule has 2 amide bonds. The molecule has 22 heavy (non-hydrogen) atoms. The van der Waals surface area contributed by atoms with Crippen LogP contribution in [-0.4, -0.2) is 43.9 Å². The minimum atomic E-state index is -0.520. The Morgan fingerprint density at radius 2 is 2.14 bits per heavy atom. The average molecular weight is 307 g/mol. The van der Waals surface area contributed by atoms with Crippen LogP contribution in [-0.2, 0) is 4.79 Å². The van der Waals surface area contributed by atoms with Crippen LogP contribution in [0.15, 0.2) is 18.2 Å². The number of amides is 2. The van der Waals surface area contributed by atoms with Gasteiger partial charge >= 0.3 is 0 Å². The van der Waals surface area contributed by atoms with Crippen LogP contribution < -0.4 is 10.6 Å². The van der Waals surface area contributed by atoms with Gasteiger partial charge in [0.15, 0.2) is 0 Å². The van der Waals surface area contributed by atoms with Crippen molar-refractivity contribution in [2.75, 3.05) is 32.1 Å². The van der Waals surface area contributed by atoms with E-state index < -0.39 is 5.82 Å². The van der Waals surface area contributed by atoms with Crippen LogP contribution in [0.4, 0.5) is 10.1 Å². The molecule has 1 unspecified atom stereocenters. The largest absolute Gasteiger partial charge is 0.378 e. The molecule has 1 aliphatic heterocycles. The van der Waals surface area contributed by atoms with Gasteiger partial charge in [0, 0.05) is 39.3 Å². The number of piperidine rings is 1. The summed E-state index contributed by atoms with van der Waals surface area (Å²) in [5.74, 6) is -1.13. The van der Waals surface area contributed by atoms with Crippen molar-refractivity contribution in [3.05, 3.63) is 29.6 Å². The standard InChI is InChI=1S/C16H22FN3O2/c1-19(2)12-5-6-13(14(17)9-12)16(22)20-7-3-4-11(10-20)8-15(18)21/h5-6,9,11H,3-4,7-8,10H2,1-2H3,(H2,18,21). The Morgan fingerprint density at radius 3 is 2.73 bits per heavy atom. The van der Waals surface area contributed by atoms with Gasteiger partial charge in [0.05, 0.1) is 5.56 Å². The van der Waals surface area contributed by atoms with Crippen LogP contribution in [0.5, 0.6) is 0 Å². The van der Waals surface area contributed by atoms with Gasteiger partial charge in [-0.15, -0.1) is 0 Å². The third kappa shape index (κ3) is 3.75. The highest BCUT2D eigenvalue weighted by molar-refractivity contribution is 5.95. The minimum absolute atomic E-state index is 0.0688. The number of hydrogen-bond acceptors (Lipinski definition) is 3. The van der Waals surface area contributed by atoms with E-state index in [9.17, 15) is 14.0 Å². The molecule has 2 N–H and O–H groups in total. The van der Waals surface area contributed by atoms with Gasteiger partial charge in [-0.2, -0.15) is 0 Å². The lowest BCUT2D eigenvalue weighted by Crippen LogP contribution is -2.41. The Bertz CT molecular complexity index is 575. The number of nitrogens with two attached hydrogens (primary N) is 1. The van der Waals surface area contributed by atoms with E-state index in [0.29, 0.717) is 18.8 Å². The molecule has 2 rings (SSSR count). The third-order valence-electron chi connectivity index (χ3n) is 4.00. The quantitative estimate of drug-likeness (QED) is 0.919. The maximum absolute atomic E-state index is 14.2. The molecule has 0 saturated carbocycles. The van der Waals surface area contributed by atoms with E-state index in [4.69, 9.17) is 5.73 Å². The van der Waals surface area contributed by atoms with E-state index in [0.717, 1.165) is 12.8 Å². The topological polar surface area (TPSA) is 66.6 Å². The van der Waals surface area contributed by atoms with Gasteiger partial charge in [-0.25, -0.2) is 4.39 Å². The van der Waals surface area contributed by atoms with Crippen molar-refractivity contribution < 1.29 is 14.0 Å². The molecule has 0 aromatic heterocycles. The molecule has 0 radical (unpaired) electrons. The summed E-state index contributed by atoms with van der Waals surface area (Å²) in [4.78, 5) is 26.9. The van der Waals surface area contributed by atoms with Crippen LogP contribution >= 0.6 is 0 Å². The molecule has 5 nitrogen and oxygen atoms in total. The number of likely N-dealkylation sites (tertiary alicyclic amines) is 1. The van der Waals surface area contributed by atoms with Crippen molar-refractivity contribution in [1.82, 2.24) is 4.90 Å². The smallest absolute Gasteiger partial charge is 0.256 e. The minimum Gasteiger partial charge on any atom is -0.378 e. The second kappa shape index (κ2) is 6.77. The van der Waals surface area contributed by atoms with Crippen LogP contribution in [0.25, 0.3) is 0 Å². The van der Waals surface area contributed by atoms with Gasteiger partial charge in [0.2, 0.25) is 5.91 Å². The first-order valence-corrected chi connectivity index (χ1v) is 7.43. The number of anilines is 1. The highest BCUT2D eigenvalue weighted by Gasteiger charge is 2.27. The maximum atomic E-state index is 14.2. The number of primary amides is 1. The summed E-state index contributed by atoms with van der Waals surface area (Å²) >= 11 is 0. The predicted octanol–water partition coefficient (Wildman–Crippen LogP) is 1.62. The number of carbonyl (C=O) groups is 2. The Hall–Kier alpha value is -2.11. The first-order chi connectivity index (χ1) is 10.4. The lowest BCUT2D eigenvalue weighted by atomic mass is 9.94. The maximum Gasteiger partial charge on any atom is 0.256 e. The molecule has 1 aliphatic rings. The van der Waals surface area contributed by atoms with Crippen molar-refractivity contribution in [3.8, 4) is 0 Å². The fraction of sp³-hybridized carbons (Fsp3) is 0.500. The zero-order valence-corrected chi connectivity index (χ0v) is 13.0. The first-order valence-electron chi connectivity index (χ1n) is 7.43. The van der Waals surface area contributed by atoms with Gasteiger partial charge < -0.3 is 15.5 Å². The molecule has 120 valence electrons. The number of benzene rings is 1. The molecule has 1 fully saturated rings. The van der Waals surface area contributed by atoms with Crippen molar-refractivity contribution in [2.24, 2.45) is 11.7 Å². The molecular weight excluding hydrogens is 285 g/mol. The van der Waals surface area contributed by atoms with E-state index in [-0.39, 0.29) is 29.7 Å². The van der Waals surface area contributed by atoms with E-state index in [1.807, 2.05) is 14.1 Å². The highest BCUT2D eigenvalue weighted by atomic mass is 19.1. The molecular formula is C16H22FN3O2. The van der Waals surface area contributed by atoms with Crippen LogP contribution in [0.3, 0.4) is 0 Å².